The van der Waals surface area contributed by atoms with E-state index < -0.39 is 6.04 Å². The molecule has 13 heavy (non-hydrogen) atoms. The number of carbonyl (C=O) groups is 1. The summed E-state index contributed by atoms with van der Waals surface area (Å²) in [5, 5.41) is 11.2. The van der Waals surface area contributed by atoms with Gasteiger partial charge in [0.1, 0.15) is 12.6 Å². The van der Waals surface area contributed by atoms with E-state index in [2.05, 4.69) is 5.32 Å². The molecule has 0 heterocycles. The number of nitrogens with zero attached hydrogens (tertiary/aromatic N) is 1. The molecular weight excluding hydrogens is 168 g/mol. The van der Waals surface area contributed by atoms with Crippen LogP contribution in [0.15, 0.2) is 0 Å². The van der Waals surface area contributed by atoms with Crippen molar-refractivity contribution in [2.45, 2.75) is 26.8 Å². The molecule has 0 aromatic rings. The molecule has 0 aromatic heterocycles. The van der Waals surface area contributed by atoms with Crippen molar-refractivity contribution in [1.29, 1.82) is 5.26 Å². The van der Waals surface area contributed by atoms with Crippen molar-refractivity contribution >= 4 is 5.91 Å². The van der Waals surface area contributed by atoms with Gasteiger partial charge < -0.3 is 10.1 Å². The molecule has 0 saturated carbocycles. The third kappa shape index (κ3) is 5.21. The van der Waals surface area contributed by atoms with Gasteiger partial charge >= 0.3 is 0 Å². The summed E-state index contributed by atoms with van der Waals surface area (Å²) in [5.74, 6) is -0.113. The summed E-state index contributed by atoms with van der Waals surface area (Å²) in [6.45, 7) is 6.12. The first-order chi connectivity index (χ1) is 6.11. The van der Waals surface area contributed by atoms with Crippen LogP contribution in [0.1, 0.15) is 20.8 Å². The lowest BCUT2D eigenvalue weighted by Gasteiger charge is -2.14. The lowest BCUT2D eigenvalue weighted by molar-refractivity contribution is -0.126. The first-order valence-corrected chi connectivity index (χ1v) is 4.38. The minimum atomic E-state index is -0.423. The number of hydrogen-bond acceptors (Lipinski definition) is 3. The fourth-order valence-electron chi connectivity index (χ4n) is 0.758. The predicted molar refractivity (Wildman–Crippen MR) is 48.9 cm³/mol. The molecule has 0 aromatic carbocycles. The number of rotatable bonds is 5. The normalized spacial score (nSPS) is 12.2. The quantitative estimate of drug-likeness (QED) is 0.683. The molecule has 74 valence electrons. The number of ether oxygens (including phenoxy) is 1. The largest absolute Gasteiger partial charge is 0.372 e. The Morgan fingerprint density at radius 1 is 1.62 bits per heavy atom. The number of nitriles is 1. The topological polar surface area (TPSA) is 62.1 Å². The van der Waals surface area contributed by atoms with Crippen LogP contribution < -0.4 is 5.32 Å². The van der Waals surface area contributed by atoms with Gasteiger partial charge in [-0.2, -0.15) is 5.26 Å². The van der Waals surface area contributed by atoms with Gasteiger partial charge in [0.05, 0.1) is 6.07 Å². The molecule has 0 fully saturated rings. The average Bonchev–Trinajstić information content (AvgIpc) is 2.10. The zero-order valence-corrected chi connectivity index (χ0v) is 8.33. The summed E-state index contributed by atoms with van der Waals surface area (Å²) >= 11 is 0. The second-order valence-electron chi connectivity index (χ2n) is 3.06. The molecule has 4 heteroatoms. The molecule has 0 bridgehead atoms. The van der Waals surface area contributed by atoms with Gasteiger partial charge in [0, 0.05) is 6.61 Å². The Labute approximate surface area is 78.9 Å². The van der Waals surface area contributed by atoms with Crippen LogP contribution in [0.25, 0.3) is 0 Å². The molecule has 0 aliphatic heterocycles. The Hall–Kier alpha value is -1.08. The number of nitrogens with one attached hydrogen (secondary N) is 1. The first kappa shape index (κ1) is 11.9. The summed E-state index contributed by atoms with van der Waals surface area (Å²) in [6, 6.07) is 1.60. The molecule has 1 unspecified atom stereocenters. The highest BCUT2D eigenvalue weighted by Crippen LogP contribution is 1.99. The van der Waals surface area contributed by atoms with E-state index in [1.54, 1.807) is 0 Å². The minimum Gasteiger partial charge on any atom is -0.372 e. The Morgan fingerprint density at radius 3 is 2.62 bits per heavy atom. The predicted octanol–water partition coefficient (Wildman–Crippen LogP) is 0.687. The van der Waals surface area contributed by atoms with Crippen molar-refractivity contribution in [3.05, 3.63) is 0 Å². The van der Waals surface area contributed by atoms with E-state index >= 15 is 0 Å². The molecule has 1 atom stereocenters. The highest BCUT2D eigenvalue weighted by atomic mass is 16.5. The molecule has 0 aliphatic carbocycles. The van der Waals surface area contributed by atoms with E-state index in [-0.39, 0.29) is 18.4 Å². The van der Waals surface area contributed by atoms with E-state index in [4.69, 9.17) is 10.00 Å². The van der Waals surface area contributed by atoms with E-state index in [0.717, 1.165) is 0 Å². The van der Waals surface area contributed by atoms with Crippen LogP contribution in [0.5, 0.6) is 0 Å². The Kier molecular flexibility index (Phi) is 5.90. The molecule has 0 rings (SSSR count). The highest BCUT2D eigenvalue weighted by molar-refractivity contribution is 5.77. The monoisotopic (exact) mass is 184 g/mol. The van der Waals surface area contributed by atoms with E-state index in [1.807, 2.05) is 26.8 Å². The number of hydrogen-bond donors (Lipinski definition) is 1. The van der Waals surface area contributed by atoms with Gasteiger partial charge in [-0.25, -0.2) is 0 Å². The smallest absolute Gasteiger partial charge is 0.247 e. The van der Waals surface area contributed by atoms with Gasteiger partial charge in [0.25, 0.3) is 0 Å². The summed E-state index contributed by atoms with van der Waals surface area (Å²) in [7, 11) is 0. The van der Waals surface area contributed by atoms with Crippen molar-refractivity contribution in [1.82, 2.24) is 5.32 Å². The maximum Gasteiger partial charge on any atom is 0.247 e. The fourth-order valence-corrected chi connectivity index (χ4v) is 0.758. The van der Waals surface area contributed by atoms with Crippen molar-refractivity contribution in [2.75, 3.05) is 13.2 Å². The van der Waals surface area contributed by atoms with Gasteiger partial charge in [-0.3, -0.25) is 4.79 Å². The lowest BCUT2D eigenvalue weighted by atomic mass is 10.1. The summed E-state index contributed by atoms with van der Waals surface area (Å²) < 4.78 is 4.90. The van der Waals surface area contributed by atoms with Crippen molar-refractivity contribution in [2.24, 2.45) is 5.92 Å². The molecule has 4 nitrogen and oxygen atoms in total. The van der Waals surface area contributed by atoms with Crippen LogP contribution >= 0.6 is 0 Å². The van der Waals surface area contributed by atoms with Gasteiger partial charge in [0.2, 0.25) is 5.91 Å². The van der Waals surface area contributed by atoms with Crippen LogP contribution in [-0.2, 0) is 9.53 Å². The Bertz CT molecular complexity index is 196. The third-order valence-electron chi connectivity index (χ3n) is 1.56. The van der Waals surface area contributed by atoms with E-state index in [1.165, 1.54) is 0 Å². The zero-order valence-electron chi connectivity index (χ0n) is 8.33. The van der Waals surface area contributed by atoms with Crippen molar-refractivity contribution in [3.63, 3.8) is 0 Å². The standard InChI is InChI=1S/C9H16N2O2/c1-4-13-6-9(12)11-8(5-10)7(2)3/h7-8H,4,6H2,1-3H3,(H,11,12). The van der Waals surface area contributed by atoms with Gasteiger partial charge in [-0.05, 0) is 12.8 Å². The molecule has 0 radical (unpaired) electrons. The SMILES string of the molecule is CCOCC(=O)NC(C#N)C(C)C. The maximum atomic E-state index is 11.1. The fraction of sp³-hybridized carbons (Fsp3) is 0.778. The second-order valence-corrected chi connectivity index (χ2v) is 3.06. The molecule has 1 amide bonds. The Morgan fingerprint density at radius 2 is 2.23 bits per heavy atom. The summed E-state index contributed by atoms with van der Waals surface area (Å²) in [5.41, 5.74) is 0. The second kappa shape index (κ2) is 6.44. The summed E-state index contributed by atoms with van der Waals surface area (Å²) in [4.78, 5) is 11.1. The third-order valence-corrected chi connectivity index (χ3v) is 1.56. The Balaban J connectivity index is 3.82. The average molecular weight is 184 g/mol. The van der Waals surface area contributed by atoms with Crippen molar-refractivity contribution < 1.29 is 9.53 Å². The van der Waals surface area contributed by atoms with Crippen LogP contribution in [-0.4, -0.2) is 25.2 Å². The number of carbonyl (C=O) groups excluding carboxylic acids is 1. The minimum absolute atomic E-state index is 0.0292. The molecule has 0 saturated heterocycles. The highest BCUT2D eigenvalue weighted by Gasteiger charge is 2.14. The van der Waals surface area contributed by atoms with Crippen LogP contribution in [0.4, 0.5) is 0 Å². The maximum absolute atomic E-state index is 11.1. The molecule has 0 spiro atoms. The van der Waals surface area contributed by atoms with Gasteiger partial charge in [-0.1, -0.05) is 13.8 Å². The summed E-state index contributed by atoms with van der Waals surface area (Å²) in [6.07, 6.45) is 0. The molecular formula is C9H16N2O2. The van der Waals surface area contributed by atoms with Crippen LogP contribution in [0.2, 0.25) is 0 Å². The molecule has 1 N–H and O–H groups in total. The first-order valence-electron chi connectivity index (χ1n) is 4.38. The number of amides is 1. The lowest BCUT2D eigenvalue weighted by Crippen LogP contribution is -2.39. The van der Waals surface area contributed by atoms with Gasteiger partial charge in [-0.15, -0.1) is 0 Å². The van der Waals surface area contributed by atoms with E-state index in [0.29, 0.717) is 6.61 Å². The van der Waals surface area contributed by atoms with Crippen molar-refractivity contribution in [3.8, 4) is 6.07 Å². The zero-order chi connectivity index (χ0) is 10.3. The van der Waals surface area contributed by atoms with Crippen LogP contribution in [0.3, 0.4) is 0 Å². The van der Waals surface area contributed by atoms with Gasteiger partial charge in [0.15, 0.2) is 0 Å². The van der Waals surface area contributed by atoms with E-state index in [9.17, 15) is 4.79 Å². The van der Waals surface area contributed by atoms with Crippen LogP contribution in [0, 0.1) is 17.2 Å². The molecule has 0 aliphatic rings.